The normalized spacial score (nSPS) is 11.0. The van der Waals surface area contributed by atoms with E-state index in [9.17, 15) is 18.4 Å². The van der Waals surface area contributed by atoms with E-state index >= 15 is 0 Å². The molecule has 0 N–H and O–H groups in total. The lowest BCUT2D eigenvalue weighted by Gasteiger charge is -2.28. The molecule has 1 heterocycles. The fourth-order valence-corrected chi connectivity index (χ4v) is 3.50. The number of anilines is 1. The van der Waals surface area contributed by atoms with Crippen LogP contribution in [0.5, 0.6) is 0 Å². The Kier molecular flexibility index (Phi) is 7.00. The van der Waals surface area contributed by atoms with Gasteiger partial charge in [-0.15, -0.1) is 0 Å². The highest BCUT2D eigenvalue weighted by molar-refractivity contribution is 5.90. The average Bonchev–Trinajstić information content (AvgIpc) is 3.21. The summed E-state index contributed by atoms with van der Waals surface area (Å²) < 4.78 is 35.3. The van der Waals surface area contributed by atoms with Gasteiger partial charge in [0.15, 0.2) is 11.6 Å². The van der Waals surface area contributed by atoms with Crippen LogP contribution in [-0.2, 0) is 18.0 Å². The number of rotatable bonds is 8. The number of esters is 1. The molecule has 0 fully saturated rings. The summed E-state index contributed by atoms with van der Waals surface area (Å²) in [4.78, 5) is 27.2. The van der Waals surface area contributed by atoms with Gasteiger partial charge in [-0.05, 0) is 60.2 Å². The molecular weight excluding hydrogens is 456 g/mol. The van der Waals surface area contributed by atoms with Gasteiger partial charge >= 0.3 is 11.7 Å². The second kappa shape index (κ2) is 10.3. The van der Waals surface area contributed by atoms with E-state index < -0.39 is 29.0 Å². The number of carbonyl (C=O) groups is 1. The van der Waals surface area contributed by atoms with Gasteiger partial charge in [0.2, 0.25) is 0 Å². The summed E-state index contributed by atoms with van der Waals surface area (Å²) in [6, 6.07) is 19.3. The molecule has 180 valence electrons. The van der Waals surface area contributed by atoms with Gasteiger partial charge < -0.3 is 9.64 Å². The van der Waals surface area contributed by atoms with Crippen molar-refractivity contribution >= 4 is 11.7 Å². The Morgan fingerprint density at radius 3 is 2.34 bits per heavy atom. The number of carbonyl (C=O) groups excluding carboxylic acids is 1. The van der Waals surface area contributed by atoms with Crippen LogP contribution in [0.4, 0.5) is 14.5 Å². The Balaban J connectivity index is 1.56. The van der Waals surface area contributed by atoms with Crippen molar-refractivity contribution in [2.75, 3.05) is 4.90 Å². The van der Waals surface area contributed by atoms with Gasteiger partial charge in [-0.25, -0.2) is 18.4 Å². The predicted octanol–water partition coefficient (Wildman–Crippen LogP) is 3.94. The maximum absolute atomic E-state index is 14.1. The van der Waals surface area contributed by atoms with Gasteiger partial charge in [0.05, 0.1) is 5.56 Å². The van der Waals surface area contributed by atoms with E-state index in [1.165, 1.54) is 6.07 Å². The van der Waals surface area contributed by atoms with E-state index in [2.05, 4.69) is 10.4 Å². The molecule has 4 aromatic rings. The van der Waals surface area contributed by atoms with Crippen LogP contribution in [0.25, 0.3) is 5.69 Å². The Labute approximate surface area is 200 Å². The Morgan fingerprint density at radius 1 is 0.971 bits per heavy atom. The number of nitrogens with zero attached hydrogens (tertiary/aromatic N) is 5. The van der Waals surface area contributed by atoms with Gasteiger partial charge in [0.25, 0.3) is 0 Å². The maximum Gasteiger partial charge on any atom is 0.370 e. The zero-order valence-corrected chi connectivity index (χ0v) is 19.1. The van der Waals surface area contributed by atoms with Crippen molar-refractivity contribution in [3.05, 3.63) is 106 Å². The van der Waals surface area contributed by atoms with Crippen LogP contribution >= 0.6 is 0 Å². The van der Waals surface area contributed by atoms with Gasteiger partial charge in [0, 0.05) is 11.7 Å². The first-order chi connectivity index (χ1) is 16.8. The van der Waals surface area contributed by atoms with Gasteiger partial charge in [-0.1, -0.05) is 42.5 Å². The largest absolute Gasteiger partial charge is 0.457 e. The highest BCUT2D eigenvalue weighted by Gasteiger charge is 2.20. The molecule has 1 aromatic heterocycles. The molecule has 0 aliphatic carbocycles. The maximum atomic E-state index is 14.1. The number of tetrazole rings is 1. The van der Waals surface area contributed by atoms with E-state index in [1.807, 2.05) is 44.2 Å². The smallest absolute Gasteiger partial charge is 0.370 e. The third-order valence-electron chi connectivity index (χ3n) is 5.32. The van der Waals surface area contributed by atoms with E-state index in [4.69, 9.17) is 4.74 Å². The summed E-state index contributed by atoms with van der Waals surface area (Å²) >= 11 is 0. The third kappa shape index (κ3) is 5.26. The fraction of sp³-hybridized carbons (Fsp3) is 0.200. The van der Waals surface area contributed by atoms with Crippen LogP contribution in [0.15, 0.2) is 77.6 Å². The number of halogens is 2. The van der Waals surface area contributed by atoms with E-state index in [1.54, 1.807) is 29.2 Å². The second-order valence-corrected chi connectivity index (χ2v) is 8.06. The molecule has 0 radical (unpaired) electrons. The quantitative estimate of drug-likeness (QED) is 0.356. The van der Waals surface area contributed by atoms with Crippen LogP contribution in [0.2, 0.25) is 0 Å². The first kappa shape index (κ1) is 23.8. The van der Waals surface area contributed by atoms with Crippen molar-refractivity contribution in [1.29, 1.82) is 0 Å². The number of hydrogen-bond acceptors (Lipinski definition) is 6. The molecule has 4 rings (SSSR count). The van der Waals surface area contributed by atoms with Crippen molar-refractivity contribution < 1.29 is 18.3 Å². The van der Waals surface area contributed by atoms with Crippen LogP contribution in [0, 0.1) is 11.6 Å². The zero-order chi connectivity index (χ0) is 24.9. The summed E-state index contributed by atoms with van der Waals surface area (Å²) in [6.07, 6.45) is 0. The number of para-hydroxylation sites is 1. The summed E-state index contributed by atoms with van der Waals surface area (Å²) in [5.41, 5.74) is 0.442. The van der Waals surface area contributed by atoms with E-state index in [0.29, 0.717) is 15.9 Å². The predicted molar refractivity (Wildman–Crippen MR) is 125 cm³/mol. The van der Waals surface area contributed by atoms with Gasteiger partial charge in [-0.2, -0.15) is 9.36 Å². The lowest BCUT2D eigenvalue weighted by atomic mass is 10.1. The van der Waals surface area contributed by atoms with Crippen LogP contribution in [-0.4, -0.2) is 31.8 Å². The molecule has 0 spiro atoms. The van der Waals surface area contributed by atoms with Crippen molar-refractivity contribution in [3.8, 4) is 5.69 Å². The van der Waals surface area contributed by atoms with Gasteiger partial charge in [0.1, 0.15) is 19.0 Å². The van der Waals surface area contributed by atoms with Crippen molar-refractivity contribution in [2.24, 2.45) is 0 Å². The molecule has 0 saturated heterocycles. The topological polar surface area (TPSA) is 82.3 Å². The van der Waals surface area contributed by atoms with Crippen LogP contribution in [0.3, 0.4) is 0 Å². The molecule has 0 unspecified atom stereocenters. The zero-order valence-electron chi connectivity index (χ0n) is 19.1. The number of hydrogen-bond donors (Lipinski definition) is 0. The highest BCUT2D eigenvalue weighted by Crippen LogP contribution is 2.21. The Bertz CT molecular complexity index is 1370. The summed E-state index contributed by atoms with van der Waals surface area (Å²) in [6.45, 7) is 3.87. The molecule has 0 aliphatic heterocycles. The van der Waals surface area contributed by atoms with Crippen LogP contribution < -0.4 is 10.6 Å². The summed E-state index contributed by atoms with van der Waals surface area (Å²) in [5.74, 6) is -2.35. The molecule has 0 saturated carbocycles. The molecular formula is C25H23F2N5O3. The van der Waals surface area contributed by atoms with Crippen LogP contribution in [0.1, 0.15) is 29.8 Å². The van der Waals surface area contributed by atoms with E-state index in [-0.39, 0.29) is 19.3 Å². The van der Waals surface area contributed by atoms with Gasteiger partial charge in [-0.3, -0.25) is 0 Å². The molecule has 0 aliphatic rings. The number of benzene rings is 3. The Hall–Kier alpha value is -4.34. The minimum Gasteiger partial charge on any atom is -0.457 e. The molecule has 35 heavy (non-hydrogen) atoms. The Morgan fingerprint density at radius 2 is 1.66 bits per heavy atom. The summed E-state index contributed by atoms with van der Waals surface area (Å²) in [7, 11) is 0. The van der Waals surface area contributed by atoms with Crippen molar-refractivity contribution in [2.45, 2.75) is 33.2 Å². The monoisotopic (exact) mass is 479 g/mol. The summed E-state index contributed by atoms with van der Waals surface area (Å²) in [5, 5.41) is 7.44. The minimum atomic E-state index is -0.929. The lowest BCUT2D eigenvalue weighted by Crippen LogP contribution is -2.38. The molecule has 8 nitrogen and oxygen atoms in total. The molecule has 0 bridgehead atoms. The molecule has 0 amide bonds. The minimum absolute atomic E-state index is 0.0604. The standard InChI is InChI=1S/C25H23F2N5O3/c1-17(2)30(16-31-25(34)32(29-28-31)23-21(26)12-7-13-22(23)27)20-11-6-10-19(14-20)24(33)35-15-18-8-4-3-5-9-18/h3-14,17H,15-16H2,1-2H3. The first-order valence-corrected chi connectivity index (χ1v) is 10.9. The highest BCUT2D eigenvalue weighted by atomic mass is 19.1. The second-order valence-electron chi connectivity index (χ2n) is 8.06. The average molecular weight is 479 g/mol. The number of ether oxygens (including phenoxy) is 1. The van der Waals surface area contributed by atoms with E-state index in [0.717, 1.165) is 22.4 Å². The lowest BCUT2D eigenvalue weighted by molar-refractivity contribution is 0.0472. The SMILES string of the molecule is CC(C)N(Cn1nnn(-c2c(F)cccc2F)c1=O)c1cccc(C(=O)OCc2ccccc2)c1. The van der Waals surface area contributed by atoms with Crippen molar-refractivity contribution in [3.63, 3.8) is 0 Å². The molecule has 0 atom stereocenters. The number of aromatic nitrogens is 4. The first-order valence-electron chi connectivity index (χ1n) is 10.9. The van der Waals surface area contributed by atoms with Crippen molar-refractivity contribution in [1.82, 2.24) is 19.8 Å². The molecule has 3 aromatic carbocycles. The molecule has 10 heteroatoms. The third-order valence-corrected chi connectivity index (χ3v) is 5.32. The fourth-order valence-electron chi connectivity index (χ4n) is 3.50.